The first-order chi connectivity index (χ1) is 9.20. The second-order valence-corrected chi connectivity index (χ2v) is 5.04. The highest BCUT2D eigenvalue weighted by atomic mass is 32.1. The smallest absolute Gasteiger partial charge is 0.267 e. The third kappa shape index (κ3) is 3.48. The molecule has 1 amide bonds. The van der Waals surface area contributed by atoms with Gasteiger partial charge in [-0.05, 0) is 30.7 Å². The van der Waals surface area contributed by atoms with E-state index in [1.54, 1.807) is 23.6 Å². The summed E-state index contributed by atoms with van der Waals surface area (Å²) in [5, 5.41) is 3.83. The average Bonchev–Trinajstić information content (AvgIpc) is 2.87. The van der Waals surface area contributed by atoms with Crippen molar-refractivity contribution >= 4 is 23.5 Å². The van der Waals surface area contributed by atoms with Crippen molar-refractivity contribution in [2.24, 2.45) is 5.10 Å². The first-order valence-corrected chi connectivity index (χ1v) is 6.69. The molecule has 1 aromatic heterocycles. The van der Waals surface area contributed by atoms with Crippen LogP contribution in [0.5, 0.6) is 0 Å². The Bertz CT molecular complexity index is 607. The number of carbonyl (C=O) groups excluding carboxylic acids is 1. The predicted molar refractivity (Wildman–Crippen MR) is 75.2 cm³/mol. The van der Waals surface area contributed by atoms with Crippen molar-refractivity contribution in [1.29, 1.82) is 0 Å². The molecule has 19 heavy (non-hydrogen) atoms. The van der Waals surface area contributed by atoms with E-state index in [1.165, 1.54) is 23.1 Å². The van der Waals surface area contributed by atoms with Crippen LogP contribution >= 0.6 is 11.3 Å². The molecule has 0 atom stereocenters. The van der Waals surface area contributed by atoms with E-state index < -0.39 is 11.7 Å². The van der Waals surface area contributed by atoms with Gasteiger partial charge in [-0.2, -0.15) is 5.10 Å². The maximum atomic E-state index is 13.3. The Morgan fingerprint density at radius 1 is 1.37 bits per heavy atom. The molecule has 0 aliphatic heterocycles. The second kappa shape index (κ2) is 6.24. The highest BCUT2D eigenvalue weighted by Crippen LogP contribution is 2.14. The highest BCUT2D eigenvalue weighted by molar-refractivity contribution is 7.13. The predicted octanol–water partition coefficient (Wildman–Crippen LogP) is 3.21. The minimum Gasteiger partial charge on any atom is -0.267 e. The number of amides is 1. The lowest BCUT2D eigenvalue weighted by Crippen LogP contribution is -2.18. The molecular formula is C14H13FN2OS. The van der Waals surface area contributed by atoms with Gasteiger partial charge >= 0.3 is 0 Å². The van der Waals surface area contributed by atoms with Crippen LogP contribution in [0.25, 0.3) is 0 Å². The molecule has 0 saturated carbocycles. The van der Waals surface area contributed by atoms with E-state index >= 15 is 0 Å². The van der Waals surface area contributed by atoms with E-state index in [0.29, 0.717) is 0 Å². The van der Waals surface area contributed by atoms with Crippen molar-refractivity contribution in [3.05, 3.63) is 57.5 Å². The number of hydrogen-bond acceptors (Lipinski definition) is 3. The van der Waals surface area contributed by atoms with Crippen molar-refractivity contribution in [2.75, 3.05) is 0 Å². The molecule has 1 N–H and O–H groups in total. The molecule has 3 nitrogen and oxygen atoms in total. The number of carbonyl (C=O) groups is 1. The van der Waals surface area contributed by atoms with E-state index in [1.807, 2.05) is 12.1 Å². The van der Waals surface area contributed by atoms with Gasteiger partial charge in [0, 0.05) is 9.75 Å². The van der Waals surface area contributed by atoms with E-state index in [4.69, 9.17) is 0 Å². The van der Waals surface area contributed by atoms with Gasteiger partial charge in [0.1, 0.15) is 5.82 Å². The molecule has 0 unspecified atom stereocenters. The zero-order chi connectivity index (χ0) is 13.7. The third-order valence-corrected chi connectivity index (χ3v) is 3.67. The number of hydrogen-bond donors (Lipinski definition) is 1. The van der Waals surface area contributed by atoms with Crippen molar-refractivity contribution in [1.82, 2.24) is 5.43 Å². The summed E-state index contributed by atoms with van der Waals surface area (Å²) in [6, 6.07) is 9.75. The van der Waals surface area contributed by atoms with Crippen LogP contribution in [0.1, 0.15) is 27.0 Å². The van der Waals surface area contributed by atoms with Crippen LogP contribution in [0, 0.1) is 5.82 Å². The van der Waals surface area contributed by atoms with E-state index in [0.717, 1.165) is 11.3 Å². The fourth-order valence-corrected chi connectivity index (χ4v) is 2.34. The summed E-state index contributed by atoms with van der Waals surface area (Å²) >= 11 is 1.61. The molecule has 2 aromatic rings. The normalized spacial score (nSPS) is 10.8. The van der Waals surface area contributed by atoms with E-state index in [-0.39, 0.29) is 5.56 Å². The summed E-state index contributed by atoms with van der Waals surface area (Å²) in [6.07, 6.45) is 2.53. The minimum atomic E-state index is -0.556. The molecule has 0 aliphatic rings. The lowest BCUT2D eigenvalue weighted by atomic mass is 10.2. The Kier molecular flexibility index (Phi) is 4.41. The van der Waals surface area contributed by atoms with Gasteiger partial charge in [0.25, 0.3) is 5.91 Å². The number of hydrazone groups is 1. The fraction of sp³-hybridized carbons (Fsp3) is 0.143. The first-order valence-electron chi connectivity index (χ1n) is 5.87. The summed E-state index contributed by atoms with van der Waals surface area (Å²) in [5.74, 6) is -1.11. The maximum Gasteiger partial charge on any atom is 0.274 e. The SMILES string of the molecule is CCc1ccc(/C=N/NC(=O)c2ccccc2F)s1. The summed E-state index contributed by atoms with van der Waals surface area (Å²) in [4.78, 5) is 13.9. The molecule has 98 valence electrons. The van der Waals surface area contributed by atoms with Gasteiger partial charge in [0.05, 0.1) is 11.8 Å². The molecule has 0 spiro atoms. The van der Waals surface area contributed by atoms with Crippen LogP contribution in [0.3, 0.4) is 0 Å². The van der Waals surface area contributed by atoms with Crippen LogP contribution in [0.4, 0.5) is 4.39 Å². The van der Waals surface area contributed by atoms with Crippen molar-refractivity contribution < 1.29 is 9.18 Å². The fourth-order valence-electron chi connectivity index (χ4n) is 1.51. The van der Waals surface area contributed by atoms with Gasteiger partial charge in [-0.25, -0.2) is 9.82 Å². The third-order valence-electron chi connectivity index (χ3n) is 2.51. The van der Waals surface area contributed by atoms with E-state index in [2.05, 4.69) is 17.5 Å². The number of nitrogens with one attached hydrogen (secondary N) is 1. The van der Waals surface area contributed by atoms with Crippen LogP contribution in [-0.4, -0.2) is 12.1 Å². The molecule has 1 aromatic carbocycles. The Balaban J connectivity index is 1.99. The summed E-state index contributed by atoms with van der Waals surface area (Å²) in [5.41, 5.74) is 2.30. The Morgan fingerprint density at radius 2 is 2.16 bits per heavy atom. The molecule has 0 radical (unpaired) electrons. The van der Waals surface area contributed by atoms with Crippen molar-refractivity contribution in [2.45, 2.75) is 13.3 Å². The average molecular weight is 276 g/mol. The van der Waals surface area contributed by atoms with Crippen molar-refractivity contribution in [3.63, 3.8) is 0 Å². The minimum absolute atomic E-state index is 0.0138. The monoisotopic (exact) mass is 276 g/mol. The van der Waals surface area contributed by atoms with Crippen molar-refractivity contribution in [3.8, 4) is 0 Å². The van der Waals surface area contributed by atoms with Gasteiger partial charge in [-0.3, -0.25) is 4.79 Å². The molecule has 0 bridgehead atoms. The quantitative estimate of drug-likeness (QED) is 0.676. The number of nitrogens with zero attached hydrogens (tertiary/aromatic N) is 1. The topological polar surface area (TPSA) is 41.5 Å². The van der Waals surface area contributed by atoms with Gasteiger partial charge in [-0.1, -0.05) is 19.1 Å². The molecule has 5 heteroatoms. The number of benzene rings is 1. The Labute approximate surface area is 114 Å². The molecule has 0 fully saturated rings. The summed E-state index contributed by atoms with van der Waals surface area (Å²) in [6.45, 7) is 2.08. The molecular weight excluding hydrogens is 263 g/mol. The highest BCUT2D eigenvalue weighted by Gasteiger charge is 2.09. The van der Waals surface area contributed by atoms with Crippen LogP contribution in [-0.2, 0) is 6.42 Å². The Hall–Kier alpha value is -2.01. The summed E-state index contributed by atoms with van der Waals surface area (Å²) in [7, 11) is 0. The number of halogens is 1. The number of rotatable bonds is 4. The molecule has 1 heterocycles. The standard InChI is InChI=1S/C14H13FN2OS/c1-2-10-7-8-11(19-10)9-16-17-14(18)12-5-3-4-6-13(12)15/h3-9H,2H2,1H3,(H,17,18)/b16-9+. The van der Waals surface area contributed by atoms with Crippen LogP contribution in [0.2, 0.25) is 0 Å². The zero-order valence-electron chi connectivity index (χ0n) is 10.4. The molecule has 2 rings (SSSR count). The number of thiophene rings is 1. The van der Waals surface area contributed by atoms with Crippen LogP contribution < -0.4 is 5.43 Å². The Morgan fingerprint density at radius 3 is 2.84 bits per heavy atom. The molecule has 0 saturated heterocycles. The van der Waals surface area contributed by atoms with Crippen LogP contribution in [0.15, 0.2) is 41.5 Å². The first kappa shape index (κ1) is 13.4. The lowest BCUT2D eigenvalue weighted by Gasteiger charge is -2.00. The molecule has 0 aliphatic carbocycles. The van der Waals surface area contributed by atoms with Gasteiger partial charge in [0.2, 0.25) is 0 Å². The second-order valence-electron chi connectivity index (χ2n) is 3.84. The van der Waals surface area contributed by atoms with E-state index in [9.17, 15) is 9.18 Å². The number of aryl methyl sites for hydroxylation is 1. The largest absolute Gasteiger partial charge is 0.274 e. The van der Waals surface area contributed by atoms with Gasteiger partial charge < -0.3 is 0 Å². The summed E-state index contributed by atoms with van der Waals surface area (Å²) < 4.78 is 13.3. The lowest BCUT2D eigenvalue weighted by molar-refractivity contribution is 0.0951. The van der Waals surface area contributed by atoms with Gasteiger partial charge in [0.15, 0.2) is 0 Å². The van der Waals surface area contributed by atoms with Gasteiger partial charge in [-0.15, -0.1) is 11.3 Å². The maximum absolute atomic E-state index is 13.3. The zero-order valence-corrected chi connectivity index (χ0v) is 11.2.